The largest absolute Gasteiger partial charge is 0.461 e. The zero-order chi connectivity index (χ0) is 19.4. The maximum absolute atomic E-state index is 11.7. The average Bonchev–Trinajstić information content (AvgIpc) is 2.70. The van der Waals surface area contributed by atoms with Crippen LogP contribution in [0.3, 0.4) is 0 Å². The van der Waals surface area contributed by atoms with Gasteiger partial charge in [-0.1, -0.05) is 68.7 Å². The number of carbonyl (C=O) groups is 1. The number of hydrogen-bond donors (Lipinski definition) is 0. The molecule has 27 heavy (non-hydrogen) atoms. The van der Waals surface area contributed by atoms with E-state index >= 15 is 0 Å². The molecule has 0 saturated heterocycles. The van der Waals surface area contributed by atoms with Crippen LogP contribution in [-0.4, -0.2) is 11.0 Å². The number of unbranched alkanes of at least 4 members (excludes halogenated alkanes) is 5. The molecule has 0 aromatic carbocycles. The highest BCUT2D eigenvalue weighted by Crippen LogP contribution is 2.09. The number of esters is 1. The highest BCUT2D eigenvalue weighted by Gasteiger charge is 2.03. The Labute approximate surface area is 165 Å². The van der Waals surface area contributed by atoms with Gasteiger partial charge in [-0.05, 0) is 44.6 Å². The highest BCUT2D eigenvalue weighted by molar-refractivity contribution is 5.69. The standard InChI is InChI=1S/C24H35NO2/c1-2-3-4-5-6-7-8-9-10-11-12-13-14-15-16-19-24(26)27-22-23-18-17-20-25-21-23/h3-4,6-7,9-10,17-18,20-21H,2,5,8,11-16,19,22H2,1H3. The van der Waals surface area contributed by atoms with E-state index in [0.29, 0.717) is 13.0 Å². The summed E-state index contributed by atoms with van der Waals surface area (Å²) in [4.78, 5) is 15.7. The first-order valence-electron chi connectivity index (χ1n) is 10.3. The van der Waals surface area contributed by atoms with Gasteiger partial charge >= 0.3 is 5.97 Å². The number of aromatic nitrogens is 1. The van der Waals surface area contributed by atoms with Gasteiger partial charge in [0.25, 0.3) is 0 Å². The maximum Gasteiger partial charge on any atom is 0.306 e. The second kappa shape index (κ2) is 17.3. The lowest BCUT2D eigenvalue weighted by Gasteiger charge is -2.04. The highest BCUT2D eigenvalue weighted by atomic mass is 16.5. The Morgan fingerprint density at radius 1 is 0.963 bits per heavy atom. The van der Waals surface area contributed by atoms with Crippen LogP contribution in [0.5, 0.6) is 0 Å². The summed E-state index contributed by atoms with van der Waals surface area (Å²) in [5.74, 6) is -0.111. The predicted molar refractivity (Wildman–Crippen MR) is 113 cm³/mol. The molecule has 148 valence electrons. The minimum Gasteiger partial charge on any atom is -0.461 e. The molecule has 1 heterocycles. The SMILES string of the molecule is CCC=CCC=CCC=CCCCCCCCC(=O)OCc1cccnc1. The van der Waals surface area contributed by atoms with Crippen LogP contribution in [0.1, 0.15) is 76.7 Å². The third kappa shape index (κ3) is 14.7. The number of nitrogens with zero attached hydrogens (tertiary/aromatic N) is 1. The quantitative estimate of drug-likeness (QED) is 0.196. The molecule has 0 saturated carbocycles. The van der Waals surface area contributed by atoms with Crippen LogP contribution >= 0.6 is 0 Å². The van der Waals surface area contributed by atoms with Crippen molar-refractivity contribution in [1.82, 2.24) is 4.98 Å². The molecule has 0 radical (unpaired) electrons. The molecule has 1 aromatic rings. The number of pyridine rings is 1. The van der Waals surface area contributed by atoms with Crippen molar-refractivity contribution < 1.29 is 9.53 Å². The van der Waals surface area contributed by atoms with Crippen LogP contribution in [0.2, 0.25) is 0 Å². The van der Waals surface area contributed by atoms with Crippen molar-refractivity contribution in [3.8, 4) is 0 Å². The minimum absolute atomic E-state index is 0.111. The van der Waals surface area contributed by atoms with E-state index in [1.807, 2.05) is 12.1 Å². The van der Waals surface area contributed by atoms with Crippen LogP contribution in [0.25, 0.3) is 0 Å². The normalized spacial score (nSPS) is 11.7. The second-order valence-electron chi connectivity index (χ2n) is 6.62. The Balaban J connectivity index is 1.87. The van der Waals surface area contributed by atoms with Gasteiger partial charge in [0, 0.05) is 24.4 Å². The van der Waals surface area contributed by atoms with Crippen molar-refractivity contribution in [2.45, 2.75) is 77.7 Å². The summed E-state index contributed by atoms with van der Waals surface area (Å²) < 4.78 is 5.25. The third-order valence-electron chi connectivity index (χ3n) is 4.15. The van der Waals surface area contributed by atoms with Crippen LogP contribution in [0.4, 0.5) is 0 Å². The molecule has 0 fully saturated rings. The van der Waals surface area contributed by atoms with Gasteiger partial charge in [-0.3, -0.25) is 9.78 Å². The van der Waals surface area contributed by atoms with E-state index in [1.54, 1.807) is 12.4 Å². The van der Waals surface area contributed by atoms with Crippen LogP contribution in [-0.2, 0) is 16.1 Å². The molecule has 0 spiro atoms. The third-order valence-corrected chi connectivity index (χ3v) is 4.15. The maximum atomic E-state index is 11.7. The van der Waals surface area contributed by atoms with Crippen molar-refractivity contribution >= 4 is 5.97 Å². The van der Waals surface area contributed by atoms with E-state index < -0.39 is 0 Å². The first kappa shape index (κ1) is 22.9. The summed E-state index contributed by atoms with van der Waals surface area (Å²) in [6, 6.07) is 3.76. The van der Waals surface area contributed by atoms with E-state index in [4.69, 9.17) is 4.74 Å². The molecule has 1 aromatic heterocycles. The van der Waals surface area contributed by atoms with E-state index in [1.165, 1.54) is 19.3 Å². The van der Waals surface area contributed by atoms with Gasteiger partial charge in [-0.25, -0.2) is 0 Å². The van der Waals surface area contributed by atoms with E-state index in [9.17, 15) is 4.79 Å². The summed E-state index contributed by atoms with van der Waals surface area (Å²) in [6.07, 6.45) is 27.3. The van der Waals surface area contributed by atoms with Gasteiger partial charge < -0.3 is 4.74 Å². The predicted octanol–water partition coefficient (Wildman–Crippen LogP) is 6.71. The molecular formula is C24H35NO2. The molecular weight excluding hydrogens is 334 g/mol. The smallest absolute Gasteiger partial charge is 0.306 e. The Bertz CT molecular complexity index is 561. The number of allylic oxidation sites excluding steroid dienone is 6. The zero-order valence-corrected chi connectivity index (χ0v) is 16.8. The number of hydrogen-bond acceptors (Lipinski definition) is 3. The summed E-state index contributed by atoms with van der Waals surface area (Å²) in [5, 5.41) is 0. The summed E-state index contributed by atoms with van der Waals surface area (Å²) >= 11 is 0. The molecule has 1 rings (SSSR count). The molecule has 0 unspecified atom stereocenters. The average molecular weight is 370 g/mol. The lowest BCUT2D eigenvalue weighted by atomic mass is 10.1. The van der Waals surface area contributed by atoms with Crippen molar-refractivity contribution in [1.29, 1.82) is 0 Å². The zero-order valence-electron chi connectivity index (χ0n) is 16.8. The van der Waals surface area contributed by atoms with Crippen molar-refractivity contribution in [3.63, 3.8) is 0 Å². The first-order valence-corrected chi connectivity index (χ1v) is 10.3. The number of carbonyl (C=O) groups excluding carboxylic acids is 1. The molecule has 3 heteroatoms. The lowest BCUT2D eigenvalue weighted by Crippen LogP contribution is -2.04. The number of rotatable bonds is 15. The molecule has 0 bridgehead atoms. The fourth-order valence-corrected chi connectivity index (χ4v) is 2.61. The molecule has 0 aliphatic rings. The molecule has 0 atom stereocenters. The van der Waals surface area contributed by atoms with Gasteiger partial charge in [0.1, 0.15) is 6.61 Å². The van der Waals surface area contributed by atoms with Crippen LogP contribution in [0, 0.1) is 0 Å². The minimum atomic E-state index is -0.111. The molecule has 0 N–H and O–H groups in total. The topological polar surface area (TPSA) is 39.2 Å². The summed E-state index contributed by atoms with van der Waals surface area (Å²) in [6.45, 7) is 2.48. The summed E-state index contributed by atoms with van der Waals surface area (Å²) in [5.41, 5.74) is 0.933. The Morgan fingerprint density at radius 2 is 1.67 bits per heavy atom. The van der Waals surface area contributed by atoms with E-state index in [2.05, 4.69) is 48.4 Å². The van der Waals surface area contributed by atoms with Gasteiger partial charge in [0.15, 0.2) is 0 Å². The fourth-order valence-electron chi connectivity index (χ4n) is 2.61. The van der Waals surface area contributed by atoms with Gasteiger partial charge in [-0.15, -0.1) is 0 Å². The van der Waals surface area contributed by atoms with Crippen LogP contribution < -0.4 is 0 Å². The Morgan fingerprint density at radius 3 is 2.41 bits per heavy atom. The first-order chi connectivity index (χ1) is 13.3. The Kier molecular flexibility index (Phi) is 14.6. The van der Waals surface area contributed by atoms with Gasteiger partial charge in [0.05, 0.1) is 0 Å². The van der Waals surface area contributed by atoms with Crippen molar-refractivity contribution in [2.24, 2.45) is 0 Å². The van der Waals surface area contributed by atoms with Gasteiger partial charge in [0.2, 0.25) is 0 Å². The monoisotopic (exact) mass is 369 g/mol. The fraction of sp³-hybridized carbons (Fsp3) is 0.500. The lowest BCUT2D eigenvalue weighted by molar-refractivity contribution is -0.145. The second-order valence-corrected chi connectivity index (χ2v) is 6.62. The van der Waals surface area contributed by atoms with E-state index in [-0.39, 0.29) is 5.97 Å². The van der Waals surface area contributed by atoms with Crippen molar-refractivity contribution in [2.75, 3.05) is 0 Å². The van der Waals surface area contributed by atoms with E-state index in [0.717, 1.165) is 44.1 Å². The molecule has 0 aliphatic carbocycles. The molecule has 0 aliphatic heterocycles. The van der Waals surface area contributed by atoms with Gasteiger partial charge in [-0.2, -0.15) is 0 Å². The molecule has 3 nitrogen and oxygen atoms in total. The molecule has 0 amide bonds. The van der Waals surface area contributed by atoms with Crippen molar-refractivity contribution in [3.05, 3.63) is 66.5 Å². The number of ether oxygens (including phenoxy) is 1. The Hall–Kier alpha value is -2.16. The summed E-state index contributed by atoms with van der Waals surface area (Å²) in [7, 11) is 0. The van der Waals surface area contributed by atoms with Crippen LogP contribution in [0.15, 0.2) is 61.0 Å².